The fraction of sp³-hybridized carbons (Fsp3) is 1.00. The van der Waals surface area contributed by atoms with E-state index in [0.717, 1.165) is 5.92 Å². The summed E-state index contributed by atoms with van der Waals surface area (Å²) >= 11 is 0. The van der Waals surface area contributed by atoms with Gasteiger partial charge in [-0.1, -0.05) is 20.3 Å². The van der Waals surface area contributed by atoms with E-state index >= 15 is 0 Å². The first-order valence-corrected chi connectivity index (χ1v) is 7.77. The predicted molar refractivity (Wildman–Crippen MR) is 81.0 cm³/mol. The highest BCUT2D eigenvalue weighted by Crippen LogP contribution is 2.28. The smallest absolute Gasteiger partial charge is 0.0144 e. The molecule has 0 bridgehead atoms. The first-order chi connectivity index (χ1) is 8.24. The van der Waals surface area contributed by atoms with Gasteiger partial charge in [0.1, 0.15) is 0 Å². The molecule has 2 nitrogen and oxygen atoms in total. The van der Waals surface area contributed by atoms with Crippen LogP contribution in [0.1, 0.15) is 73.6 Å². The van der Waals surface area contributed by atoms with Gasteiger partial charge >= 0.3 is 0 Å². The Balaban J connectivity index is 2.29. The summed E-state index contributed by atoms with van der Waals surface area (Å²) in [7, 11) is 0. The summed E-state index contributed by atoms with van der Waals surface area (Å²) in [5.41, 5.74) is 0.520. The van der Waals surface area contributed by atoms with E-state index in [9.17, 15) is 0 Å². The standard InChI is InChI=1S/C16H34N2/c1-7-13(2)9-8-10-17-14-11-15(3,4)18-16(5,6)12-14/h13-14,17-18H,7-12H2,1-6H3. The van der Waals surface area contributed by atoms with Crippen molar-refractivity contribution >= 4 is 0 Å². The van der Waals surface area contributed by atoms with E-state index in [1.54, 1.807) is 0 Å². The van der Waals surface area contributed by atoms with Crippen molar-refractivity contribution in [3.05, 3.63) is 0 Å². The maximum absolute atomic E-state index is 3.77. The van der Waals surface area contributed by atoms with E-state index in [0.29, 0.717) is 6.04 Å². The molecule has 18 heavy (non-hydrogen) atoms. The van der Waals surface area contributed by atoms with Gasteiger partial charge in [-0.15, -0.1) is 0 Å². The SMILES string of the molecule is CCC(C)CCCNC1CC(C)(C)NC(C)(C)C1. The Kier molecular flexibility index (Phi) is 5.67. The molecule has 0 spiro atoms. The minimum absolute atomic E-state index is 0.260. The van der Waals surface area contributed by atoms with E-state index in [2.05, 4.69) is 52.2 Å². The lowest BCUT2D eigenvalue weighted by molar-refractivity contribution is 0.146. The van der Waals surface area contributed by atoms with Crippen LogP contribution in [0.4, 0.5) is 0 Å². The summed E-state index contributed by atoms with van der Waals surface area (Å²) in [5.74, 6) is 0.882. The van der Waals surface area contributed by atoms with E-state index in [1.807, 2.05) is 0 Å². The fourth-order valence-electron chi connectivity index (χ4n) is 3.43. The summed E-state index contributed by atoms with van der Waals surface area (Å²) in [6.45, 7) is 15.1. The minimum Gasteiger partial charge on any atom is -0.314 e. The topological polar surface area (TPSA) is 24.1 Å². The van der Waals surface area contributed by atoms with Crippen LogP contribution in [-0.4, -0.2) is 23.7 Å². The third-order valence-corrected chi connectivity index (χ3v) is 4.19. The molecule has 0 aromatic rings. The van der Waals surface area contributed by atoms with Crippen molar-refractivity contribution in [2.24, 2.45) is 5.92 Å². The maximum atomic E-state index is 3.77. The molecule has 0 aliphatic carbocycles. The zero-order chi connectivity index (χ0) is 13.8. The molecule has 1 unspecified atom stereocenters. The monoisotopic (exact) mass is 254 g/mol. The van der Waals surface area contributed by atoms with Gasteiger partial charge in [0.05, 0.1) is 0 Å². The van der Waals surface area contributed by atoms with Crippen molar-refractivity contribution in [3.63, 3.8) is 0 Å². The highest BCUT2D eigenvalue weighted by atomic mass is 15.1. The second-order valence-electron chi connectivity index (χ2n) is 7.61. The third-order valence-electron chi connectivity index (χ3n) is 4.19. The van der Waals surface area contributed by atoms with Gasteiger partial charge in [0.2, 0.25) is 0 Å². The fourth-order valence-corrected chi connectivity index (χ4v) is 3.43. The van der Waals surface area contributed by atoms with Crippen molar-refractivity contribution in [3.8, 4) is 0 Å². The zero-order valence-corrected chi connectivity index (χ0v) is 13.4. The van der Waals surface area contributed by atoms with Crippen LogP contribution in [0.5, 0.6) is 0 Å². The summed E-state index contributed by atoms with van der Waals surface area (Å²) in [4.78, 5) is 0. The lowest BCUT2D eigenvalue weighted by atomic mass is 9.79. The molecule has 0 amide bonds. The van der Waals surface area contributed by atoms with Crippen LogP contribution in [0, 0.1) is 5.92 Å². The van der Waals surface area contributed by atoms with E-state index in [4.69, 9.17) is 0 Å². The summed E-state index contributed by atoms with van der Waals surface area (Å²) < 4.78 is 0. The average molecular weight is 254 g/mol. The Hall–Kier alpha value is -0.0800. The van der Waals surface area contributed by atoms with Crippen LogP contribution in [0.15, 0.2) is 0 Å². The lowest BCUT2D eigenvalue weighted by Gasteiger charge is -2.46. The number of nitrogens with one attached hydrogen (secondary N) is 2. The van der Waals surface area contributed by atoms with Crippen LogP contribution in [0.3, 0.4) is 0 Å². The molecular weight excluding hydrogens is 220 g/mol. The Bertz CT molecular complexity index is 229. The van der Waals surface area contributed by atoms with Gasteiger partial charge in [0.25, 0.3) is 0 Å². The Morgan fingerprint density at radius 3 is 2.22 bits per heavy atom. The van der Waals surface area contributed by atoms with Crippen LogP contribution in [-0.2, 0) is 0 Å². The number of hydrogen-bond donors (Lipinski definition) is 2. The molecule has 0 saturated carbocycles. The summed E-state index contributed by atoms with van der Waals surface area (Å²) in [6, 6.07) is 0.674. The minimum atomic E-state index is 0.260. The molecule has 1 saturated heterocycles. The largest absolute Gasteiger partial charge is 0.314 e. The highest BCUT2D eigenvalue weighted by Gasteiger charge is 2.37. The van der Waals surface area contributed by atoms with Crippen molar-refractivity contribution in [2.45, 2.75) is 90.8 Å². The second-order valence-corrected chi connectivity index (χ2v) is 7.61. The molecule has 0 aromatic carbocycles. The number of piperidine rings is 1. The molecule has 2 N–H and O–H groups in total. The number of rotatable bonds is 6. The first-order valence-electron chi connectivity index (χ1n) is 7.77. The Labute approximate surface area is 114 Å². The molecule has 1 rings (SSSR count). The lowest BCUT2D eigenvalue weighted by Crippen LogP contribution is -2.61. The Morgan fingerprint density at radius 1 is 1.17 bits per heavy atom. The van der Waals surface area contributed by atoms with E-state index < -0.39 is 0 Å². The third kappa shape index (κ3) is 5.71. The van der Waals surface area contributed by atoms with Gasteiger partial charge in [0, 0.05) is 17.1 Å². The maximum Gasteiger partial charge on any atom is 0.0144 e. The van der Waals surface area contributed by atoms with Crippen LogP contribution >= 0.6 is 0 Å². The quantitative estimate of drug-likeness (QED) is 0.706. The van der Waals surface area contributed by atoms with Crippen LogP contribution in [0.25, 0.3) is 0 Å². The molecule has 0 radical (unpaired) electrons. The second kappa shape index (κ2) is 6.38. The first kappa shape index (κ1) is 16.0. The van der Waals surface area contributed by atoms with Gasteiger partial charge in [-0.3, -0.25) is 0 Å². The van der Waals surface area contributed by atoms with Crippen LogP contribution < -0.4 is 10.6 Å². The summed E-state index contributed by atoms with van der Waals surface area (Å²) in [6.07, 6.45) is 6.47. The molecule has 108 valence electrons. The highest BCUT2D eigenvalue weighted by molar-refractivity contribution is 4.99. The van der Waals surface area contributed by atoms with Gasteiger partial charge < -0.3 is 10.6 Å². The van der Waals surface area contributed by atoms with Gasteiger partial charge in [-0.05, 0) is 65.8 Å². The van der Waals surface area contributed by atoms with Gasteiger partial charge in [0.15, 0.2) is 0 Å². The van der Waals surface area contributed by atoms with Crippen molar-refractivity contribution < 1.29 is 0 Å². The predicted octanol–water partition coefficient (Wildman–Crippen LogP) is 3.71. The number of hydrogen-bond acceptors (Lipinski definition) is 2. The normalized spacial score (nSPS) is 25.0. The zero-order valence-electron chi connectivity index (χ0n) is 13.4. The van der Waals surface area contributed by atoms with E-state index in [1.165, 1.54) is 38.6 Å². The molecule has 1 aliphatic heterocycles. The molecule has 1 aliphatic rings. The molecule has 1 atom stereocenters. The molecular formula is C16H34N2. The van der Waals surface area contributed by atoms with Crippen molar-refractivity contribution in [1.82, 2.24) is 10.6 Å². The summed E-state index contributed by atoms with van der Waals surface area (Å²) in [5, 5.41) is 7.51. The van der Waals surface area contributed by atoms with Crippen molar-refractivity contribution in [1.29, 1.82) is 0 Å². The molecule has 0 aromatic heterocycles. The van der Waals surface area contributed by atoms with Gasteiger partial charge in [-0.2, -0.15) is 0 Å². The Morgan fingerprint density at radius 2 is 1.72 bits per heavy atom. The van der Waals surface area contributed by atoms with Gasteiger partial charge in [-0.25, -0.2) is 0 Å². The van der Waals surface area contributed by atoms with Crippen LogP contribution in [0.2, 0.25) is 0 Å². The molecule has 2 heteroatoms. The molecule has 1 fully saturated rings. The molecule has 1 heterocycles. The average Bonchev–Trinajstić information content (AvgIpc) is 2.19. The van der Waals surface area contributed by atoms with Crippen molar-refractivity contribution in [2.75, 3.05) is 6.54 Å². The van der Waals surface area contributed by atoms with E-state index in [-0.39, 0.29) is 11.1 Å².